The number of nitrogens with one attached hydrogen (secondary N) is 1. The van der Waals surface area contributed by atoms with Gasteiger partial charge in [-0.25, -0.2) is 0 Å². The molecule has 0 aromatic rings. The summed E-state index contributed by atoms with van der Waals surface area (Å²) in [6.45, 7) is 3.91. The summed E-state index contributed by atoms with van der Waals surface area (Å²) in [6, 6.07) is -0.386. The first-order valence-electron chi connectivity index (χ1n) is 6.52. The number of carboxylic acid groups (broad SMARTS) is 1. The summed E-state index contributed by atoms with van der Waals surface area (Å²) in [7, 11) is 0. The smallest absolute Gasteiger partial charge is 0.320 e. The minimum Gasteiger partial charge on any atom is -0.480 e. The lowest BCUT2D eigenvalue weighted by molar-refractivity contribution is -0.138. The van der Waals surface area contributed by atoms with Crippen molar-refractivity contribution in [1.29, 1.82) is 0 Å². The normalized spacial score (nSPS) is 14.5. The molecule has 17 heavy (non-hydrogen) atoms. The summed E-state index contributed by atoms with van der Waals surface area (Å²) in [4.78, 5) is 10.4. The third-order valence-corrected chi connectivity index (χ3v) is 2.89. The van der Waals surface area contributed by atoms with Crippen LogP contribution in [-0.2, 0) is 4.79 Å². The molecule has 0 aliphatic rings. The average molecular weight is 245 g/mol. The molecule has 0 saturated carbocycles. The van der Waals surface area contributed by atoms with E-state index in [1.807, 2.05) is 0 Å². The molecule has 2 atom stereocenters. The van der Waals surface area contributed by atoms with Gasteiger partial charge in [-0.15, -0.1) is 0 Å². The lowest BCUT2D eigenvalue weighted by Gasteiger charge is -2.09. The number of nitrogens with two attached hydrogens (primary N) is 2. The van der Waals surface area contributed by atoms with Crippen molar-refractivity contribution in [2.24, 2.45) is 11.5 Å². The molecule has 5 heteroatoms. The first-order valence-corrected chi connectivity index (χ1v) is 6.52. The van der Waals surface area contributed by atoms with Crippen molar-refractivity contribution < 1.29 is 9.90 Å². The standard InChI is InChI=1S/C12H27N3O2/c1-2-10(13)6-3-4-8-15-9-5-7-11(14)12(16)17/h10-11,15H,2-9,13-14H2,1H3,(H,16,17). The molecule has 0 rings (SSSR count). The molecule has 0 bridgehead atoms. The molecule has 0 amide bonds. The van der Waals surface area contributed by atoms with Gasteiger partial charge in [-0.2, -0.15) is 0 Å². The molecule has 0 aromatic carbocycles. The maximum atomic E-state index is 10.4. The molecule has 0 radical (unpaired) electrons. The van der Waals surface area contributed by atoms with E-state index in [0.29, 0.717) is 12.5 Å². The van der Waals surface area contributed by atoms with E-state index in [4.69, 9.17) is 16.6 Å². The highest BCUT2D eigenvalue weighted by molar-refractivity contribution is 5.72. The maximum absolute atomic E-state index is 10.4. The summed E-state index contributed by atoms with van der Waals surface area (Å²) in [5.74, 6) is -0.918. The Morgan fingerprint density at radius 3 is 2.41 bits per heavy atom. The molecule has 6 N–H and O–H groups in total. The van der Waals surface area contributed by atoms with Gasteiger partial charge in [0, 0.05) is 6.04 Å². The van der Waals surface area contributed by atoms with Crippen molar-refractivity contribution in [2.45, 2.75) is 57.5 Å². The summed E-state index contributed by atoms with van der Waals surface area (Å²) in [5.41, 5.74) is 11.2. The number of carbonyl (C=O) groups is 1. The van der Waals surface area contributed by atoms with Crippen LogP contribution in [0.2, 0.25) is 0 Å². The van der Waals surface area contributed by atoms with E-state index in [1.54, 1.807) is 0 Å². The van der Waals surface area contributed by atoms with Gasteiger partial charge in [-0.1, -0.05) is 13.3 Å². The van der Waals surface area contributed by atoms with E-state index >= 15 is 0 Å². The Bertz CT molecular complexity index is 200. The Kier molecular flexibility index (Phi) is 10.1. The fourth-order valence-electron chi connectivity index (χ4n) is 1.56. The van der Waals surface area contributed by atoms with E-state index in [9.17, 15) is 4.79 Å². The van der Waals surface area contributed by atoms with Crippen LogP contribution < -0.4 is 16.8 Å². The molecule has 0 aliphatic carbocycles. The molecule has 0 heterocycles. The largest absolute Gasteiger partial charge is 0.480 e. The Labute approximate surface area is 104 Å². The van der Waals surface area contributed by atoms with Crippen LogP contribution in [0.15, 0.2) is 0 Å². The summed E-state index contributed by atoms with van der Waals surface area (Å²) in [6.07, 6.45) is 5.74. The van der Waals surface area contributed by atoms with E-state index in [1.165, 1.54) is 0 Å². The molecule has 2 unspecified atom stereocenters. The Morgan fingerprint density at radius 2 is 1.82 bits per heavy atom. The van der Waals surface area contributed by atoms with Crippen LogP contribution in [0.25, 0.3) is 0 Å². The van der Waals surface area contributed by atoms with Crippen molar-refractivity contribution in [2.75, 3.05) is 13.1 Å². The quantitative estimate of drug-likeness (QED) is 0.401. The maximum Gasteiger partial charge on any atom is 0.320 e. The van der Waals surface area contributed by atoms with Crippen LogP contribution in [-0.4, -0.2) is 36.2 Å². The van der Waals surface area contributed by atoms with Gasteiger partial charge in [-0.3, -0.25) is 4.79 Å². The highest BCUT2D eigenvalue weighted by Crippen LogP contribution is 2.01. The fourth-order valence-corrected chi connectivity index (χ4v) is 1.56. The van der Waals surface area contributed by atoms with Gasteiger partial charge >= 0.3 is 5.97 Å². The van der Waals surface area contributed by atoms with E-state index in [2.05, 4.69) is 12.2 Å². The minimum atomic E-state index is -0.918. The highest BCUT2D eigenvalue weighted by atomic mass is 16.4. The van der Waals surface area contributed by atoms with Gasteiger partial charge in [0.1, 0.15) is 6.04 Å². The van der Waals surface area contributed by atoms with Crippen molar-refractivity contribution in [3.05, 3.63) is 0 Å². The molecule has 102 valence electrons. The second-order valence-electron chi connectivity index (χ2n) is 4.50. The summed E-state index contributed by atoms with van der Waals surface area (Å²) >= 11 is 0. The van der Waals surface area contributed by atoms with Crippen LogP contribution in [0.4, 0.5) is 0 Å². The number of hydrogen-bond donors (Lipinski definition) is 4. The molecule has 0 spiro atoms. The Morgan fingerprint density at radius 1 is 1.18 bits per heavy atom. The van der Waals surface area contributed by atoms with Gasteiger partial charge in [0.25, 0.3) is 0 Å². The topological polar surface area (TPSA) is 101 Å². The van der Waals surface area contributed by atoms with Gasteiger partial charge in [0.2, 0.25) is 0 Å². The molecule has 0 aromatic heterocycles. The van der Waals surface area contributed by atoms with Crippen molar-refractivity contribution in [3.63, 3.8) is 0 Å². The number of rotatable bonds is 11. The molecule has 0 aliphatic heterocycles. The molecular weight excluding hydrogens is 218 g/mol. The highest BCUT2D eigenvalue weighted by Gasteiger charge is 2.09. The number of hydrogen-bond acceptors (Lipinski definition) is 4. The van der Waals surface area contributed by atoms with Crippen molar-refractivity contribution in [1.82, 2.24) is 5.32 Å². The monoisotopic (exact) mass is 245 g/mol. The minimum absolute atomic E-state index is 0.337. The van der Waals surface area contributed by atoms with Crippen LogP contribution in [0.3, 0.4) is 0 Å². The van der Waals surface area contributed by atoms with E-state index in [0.717, 1.165) is 45.2 Å². The predicted octanol–water partition coefficient (Wildman–Crippen LogP) is 0.676. The Balaban J connectivity index is 3.16. The second kappa shape index (κ2) is 10.5. The second-order valence-corrected chi connectivity index (χ2v) is 4.50. The zero-order valence-corrected chi connectivity index (χ0v) is 10.8. The van der Waals surface area contributed by atoms with Crippen molar-refractivity contribution in [3.8, 4) is 0 Å². The molecule has 0 fully saturated rings. The lowest BCUT2D eigenvalue weighted by atomic mass is 10.1. The molecule has 5 nitrogen and oxygen atoms in total. The average Bonchev–Trinajstić information content (AvgIpc) is 2.31. The van der Waals surface area contributed by atoms with E-state index < -0.39 is 12.0 Å². The molecule has 0 saturated heterocycles. The zero-order valence-electron chi connectivity index (χ0n) is 10.8. The van der Waals surface area contributed by atoms with Crippen LogP contribution in [0.1, 0.15) is 45.4 Å². The lowest BCUT2D eigenvalue weighted by Crippen LogP contribution is -2.31. The zero-order chi connectivity index (χ0) is 13.1. The SMILES string of the molecule is CCC(N)CCCCNCCCC(N)C(=O)O. The third kappa shape index (κ3) is 10.2. The van der Waals surface area contributed by atoms with Crippen LogP contribution in [0, 0.1) is 0 Å². The van der Waals surface area contributed by atoms with Crippen LogP contribution >= 0.6 is 0 Å². The first kappa shape index (κ1) is 16.4. The van der Waals surface area contributed by atoms with Crippen molar-refractivity contribution >= 4 is 5.97 Å². The molecular formula is C12H27N3O2. The number of carboxylic acids is 1. The van der Waals surface area contributed by atoms with Gasteiger partial charge in [0.05, 0.1) is 0 Å². The number of unbranched alkanes of at least 4 members (excludes halogenated alkanes) is 1. The van der Waals surface area contributed by atoms with Gasteiger partial charge < -0.3 is 21.9 Å². The first-order chi connectivity index (χ1) is 8.07. The van der Waals surface area contributed by atoms with E-state index in [-0.39, 0.29) is 0 Å². The van der Waals surface area contributed by atoms with Gasteiger partial charge in [0.15, 0.2) is 0 Å². The Hall–Kier alpha value is -0.650. The number of aliphatic carboxylic acids is 1. The van der Waals surface area contributed by atoms with Gasteiger partial charge in [-0.05, 0) is 45.2 Å². The predicted molar refractivity (Wildman–Crippen MR) is 69.8 cm³/mol. The fraction of sp³-hybridized carbons (Fsp3) is 0.917. The summed E-state index contributed by atoms with van der Waals surface area (Å²) in [5, 5.41) is 11.9. The van der Waals surface area contributed by atoms with Crippen LogP contribution in [0.5, 0.6) is 0 Å². The summed E-state index contributed by atoms with van der Waals surface area (Å²) < 4.78 is 0. The third-order valence-electron chi connectivity index (χ3n) is 2.89.